The molecular formula is C27H31NO. The summed E-state index contributed by atoms with van der Waals surface area (Å²) in [5.74, 6) is 0.126. The second-order valence-electron chi connectivity index (χ2n) is 8.68. The average molecular weight is 386 g/mol. The zero-order chi connectivity index (χ0) is 20.1. The Kier molecular flexibility index (Phi) is 5.17. The van der Waals surface area contributed by atoms with Gasteiger partial charge in [-0.3, -0.25) is 4.79 Å². The molecule has 3 aromatic rings. The van der Waals surface area contributed by atoms with Gasteiger partial charge in [-0.2, -0.15) is 0 Å². The minimum absolute atomic E-state index is 0. The number of carbonyl (C=O) groups is 1. The molecule has 0 aromatic heterocycles. The van der Waals surface area contributed by atoms with Crippen LogP contribution in [0.1, 0.15) is 62.2 Å². The zero-order valence-electron chi connectivity index (χ0n) is 17.3. The summed E-state index contributed by atoms with van der Waals surface area (Å²) in [5.41, 5.74) is 7.67. The van der Waals surface area contributed by atoms with E-state index in [4.69, 9.17) is 0 Å². The Morgan fingerprint density at radius 2 is 1.00 bits per heavy atom. The fourth-order valence-corrected chi connectivity index (χ4v) is 4.49. The summed E-state index contributed by atoms with van der Waals surface area (Å²) < 4.78 is 0. The maximum atomic E-state index is 11.7. The second kappa shape index (κ2) is 7.18. The van der Waals surface area contributed by atoms with Crippen LogP contribution in [0.25, 0.3) is 11.1 Å². The molecule has 5 rings (SSSR count). The molecule has 0 N–H and O–H groups in total. The maximum Gasteiger partial charge on any atom is 0.254 e. The molecule has 1 amide bonds. The number of nitrogens with zero attached hydrogens (tertiary/aromatic N) is 1. The molecule has 2 nitrogen and oxygen atoms in total. The molecule has 0 bridgehead atoms. The monoisotopic (exact) mass is 385 g/mol. The first-order valence-electron chi connectivity index (χ1n) is 9.83. The number of amides is 1. The van der Waals surface area contributed by atoms with Gasteiger partial charge in [0.2, 0.25) is 0 Å². The minimum atomic E-state index is -0.159. The van der Waals surface area contributed by atoms with Crippen molar-refractivity contribution in [2.24, 2.45) is 0 Å². The SMILES string of the molecule is C.CC1(C)c2ccccc2-c2ccccc21.CN1C(=O)c2ccccc2C1(C)C. The molecule has 0 unspecified atom stereocenters. The predicted octanol–water partition coefficient (Wildman–Crippen LogP) is 6.64. The molecule has 0 atom stereocenters. The summed E-state index contributed by atoms with van der Waals surface area (Å²) >= 11 is 0. The van der Waals surface area contributed by atoms with Gasteiger partial charge in [0.25, 0.3) is 5.91 Å². The Balaban J connectivity index is 0.000000162. The number of hydrogen-bond acceptors (Lipinski definition) is 1. The van der Waals surface area contributed by atoms with E-state index in [1.807, 2.05) is 31.3 Å². The fraction of sp³-hybridized carbons (Fsp3) is 0.296. The lowest BCUT2D eigenvalue weighted by Gasteiger charge is -2.28. The van der Waals surface area contributed by atoms with E-state index >= 15 is 0 Å². The highest BCUT2D eigenvalue weighted by Gasteiger charge is 2.39. The summed E-state index contributed by atoms with van der Waals surface area (Å²) in [5, 5.41) is 0. The van der Waals surface area contributed by atoms with Crippen LogP contribution in [0.4, 0.5) is 0 Å². The van der Waals surface area contributed by atoms with Crippen molar-refractivity contribution in [1.29, 1.82) is 0 Å². The van der Waals surface area contributed by atoms with E-state index in [1.54, 1.807) is 4.90 Å². The standard InChI is InChI=1S/C15H14.C11H13NO.CH4/c1-15(2)13-9-5-3-7-11(13)12-8-4-6-10-14(12)15;1-11(2)9-7-5-4-6-8(9)10(13)12(11)3;/h3-10H,1-2H3;4-7H,1-3H3;1H4. The molecule has 0 spiro atoms. The molecule has 1 heterocycles. The molecule has 150 valence electrons. The smallest absolute Gasteiger partial charge is 0.254 e. The number of rotatable bonds is 0. The summed E-state index contributed by atoms with van der Waals surface area (Å²) in [7, 11) is 1.85. The molecule has 0 saturated carbocycles. The Labute approximate surface area is 175 Å². The third-order valence-electron chi connectivity index (χ3n) is 6.45. The number of fused-ring (bicyclic) bond motifs is 4. The van der Waals surface area contributed by atoms with Gasteiger partial charge in [0.1, 0.15) is 0 Å². The third-order valence-corrected chi connectivity index (χ3v) is 6.45. The largest absolute Gasteiger partial charge is 0.332 e. The normalized spacial score (nSPS) is 16.7. The molecule has 2 heteroatoms. The van der Waals surface area contributed by atoms with Gasteiger partial charge in [0.15, 0.2) is 0 Å². The van der Waals surface area contributed by atoms with E-state index in [0.717, 1.165) is 11.1 Å². The van der Waals surface area contributed by atoms with Crippen molar-refractivity contribution in [2.75, 3.05) is 7.05 Å². The van der Waals surface area contributed by atoms with Crippen molar-refractivity contribution in [3.8, 4) is 11.1 Å². The third kappa shape index (κ3) is 3.07. The summed E-state index contributed by atoms with van der Waals surface area (Å²) in [4.78, 5) is 13.5. The first-order chi connectivity index (χ1) is 13.3. The van der Waals surface area contributed by atoms with Crippen LogP contribution in [0.3, 0.4) is 0 Å². The highest BCUT2D eigenvalue weighted by Crippen LogP contribution is 2.48. The van der Waals surface area contributed by atoms with E-state index in [2.05, 4.69) is 76.2 Å². The van der Waals surface area contributed by atoms with Crippen LogP contribution in [0.15, 0.2) is 72.8 Å². The Morgan fingerprint density at radius 1 is 0.621 bits per heavy atom. The number of hydrogen-bond donors (Lipinski definition) is 0. The average Bonchev–Trinajstić information content (AvgIpc) is 3.05. The number of benzene rings is 3. The van der Waals surface area contributed by atoms with Crippen molar-refractivity contribution in [3.63, 3.8) is 0 Å². The molecule has 0 radical (unpaired) electrons. The van der Waals surface area contributed by atoms with Gasteiger partial charge < -0.3 is 4.90 Å². The maximum absolute atomic E-state index is 11.7. The zero-order valence-corrected chi connectivity index (χ0v) is 17.3. The van der Waals surface area contributed by atoms with Gasteiger partial charge in [-0.15, -0.1) is 0 Å². The molecule has 29 heavy (non-hydrogen) atoms. The van der Waals surface area contributed by atoms with Crippen LogP contribution in [-0.4, -0.2) is 17.9 Å². The molecule has 2 aliphatic rings. The van der Waals surface area contributed by atoms with Crippen LogP contribution in [-0.2, 0) is 11.0 Å². The van der Waals surface area contributed by atoms with Crippen molar-refractivity contribution in [3.05, 3.63) is 95.1 Å². The Bertz CT molecular complexity index is 1010. The van der Waals surface area contributed by atoms with Crippen molar-refractivity contribution >= 4 is 5.91 Å². The summed E-state index contributed by atoms with van der Waals surface area (Å²) in [6, 6.07) is 25.3. The van der Waals surface area contributed by atoms with Crippen LogP contribution >= 0.6 is 0 Å². The molecular weight excluding hydrogens is 354 g/mol. The summed E-state index contributed by atoms with van der Waals surface area (Å²) in [6.07, 6.45) is 0. The van der Waals surface area contributed by atoms with Gasteiger partial charge in [-0.1, -0.05) is 88.0 Å². The van der Waals surface area contributed by atoms with E-state index in [9.17, 15) is 4.79 Å². The Morgan fingerprint density at radius 3 is 1.45 bits per heavy atom. The molecule has 1 aliphatic heterocycles. The molecule has 0 fully saturated rings. The summed E-state index contributed by atoms with van der Waals surface area (Å²) in [6.45, 7) is 8.74. The Hall–Kier alpha value is -2.87. The lowest BCUT2D eigenvalue weighted by Crippen LogP contribution is -2.35. The highest BCUT2D eigenvalue weighted by atomic mass is 16.2. The lowest BCUT2D eigenvalue weighted by molar-refractivity contribution is 0.0691. The molecule has 0 saturated heterocycles. The van der Waals surface area contributed by atoms with E-state index < -0.39 is 0 Å². The highest BCUT2D eigenvalue weighted by molar-refractivity contribution is 5.99. The lowest BCUT2D eigenvalue weighted by atomic mass is 9.82. The van der Waals surface area contributed by atoms with Gasteiger partial charge in [-0.25, -0.2) is 0 Å². The van der Waals surface area contributed by atoms with Crippen LogP contribution in [0.2, 0.25) is 0 Å². The van der Waals surface area contributed by atoms with Crippen LogP contribution in [0, 0.1) is 0 Å². The van der Waals surface area contributed by atoms with Crippen LogP contribution < -0.4 is 0 Å². The fourth-order valence-electron chi connectivity index (χ4n) is 4.49. The van der Waals surface area contributed by atoms with Crippen molar-refractivity contribution < 1.29 is 4.79 Å². The van der Waals surface area contributed by atoms with Crippen molar-refractivity contribution in [1.82, 2.24) is 4.90 Å². The first kappa shape index (κ1) is 20.9. The van der Waals surface area contributed by atoms with Crippen LogP contribution in [0.5, 0.6) is 0 Å². The second-order valence-corrected chi connectivity index (χ2v) is 8.68. The molecule has 1 aliphatic carbocycles. The predicted molar refractivity (Wildman–Crippen MR) is 122 cm³/mol. The van der Waals surface area contributed by atoms with Gasteiger partial charge in [0, 0.05) is 18.0 Å². The van der Waals surface area contributed by atoms with Gasteiger partial charge in [-0.05, 0) is 47.7 Å². The van der Waals surface area contributed by atoms with Gasteiger partial charge in [0.05, 0.1) is 5.54 Å². The molecule has 3 aromatic carbocycles. The minimum Gasteiger partial charge on any atom is -0.332 e. The van der Waals surface area contributed by atoms with E-state index in [-0.39, 0.29) is 24.3 Å². The number of carbonyl (C=O) groups excluding carboxylic acids is 1. The quantitative estimate of drug-likeness (QED) is 0.425. The topological polar surface area (TPSA) is 20.3 Å². The van der Waals surface area contributed by atoms with E-state index in [0.29, 0.717) is 0 Å². The van der Waals surface area contributed by atoms with E-state index in [1.165, 1.54) is 22.3 Å². The van der Waals surface area contributed by atoms with Crippen molar-refractivity contribution in [2.45, 2.75) is 46.1 Å². The van der Waals surface area contributed by atoms with Gasteiger partial charge >= 0.3 is 0 Å². The first-order valence-corrected chi connectivity index (χ1v) is 9.83.